The minimum Gasteiger partial charge on any atom is -0.374 e. The lowest BCUT2D eigenvalue weighted by Gasteiger charge is -2.41. The van der Waals surface area contributed by atoms with Crippen molar-refractivity contribution in [3.63, 3.8) is 0 Å². The predicted octanol–water partition coefficient (Wildman–Crippen LogP) is 3.06. The summed E-state index contributed by atoms with van der Waals surface area (Å²) in [5.74, 6) is 0.667. The molecule has 0 fully saturated rings. The van der Waals surface area contributed by atoms with Crippen LogP contribution in [0.5, 0.6) is 0 Å². The molecule has 2 bridgehead atoms. The molecular weight excluding hydrogens is 184 g/mol. The molecular formula is C14H16O. The summed E-state index contributed by atoms with van der Waals surface area (Å²) in [6.07, 6.45) is 7.90. The van der Waals surface area contributed by atoms with Crippen molar-refractivity contribution < 1.29 is 4.74 Å². The monoisotopic (exact) mass is 200 g/mol. The molecule has 0 radical (unpaired) electrons. The molecule has 2 aliphatic carbocycles. The summed E-state index contributed by atoms with van der Waals surface area (Å²) >= 11 is 0. The van der Waals surface area contributed by atoms with Crippen LogP contribution in [-0.4, -0.2) is 12.7 Å². The summed E-state index contributed by atoms with van der Waals surface area (Å²) in [7, 11) is 1.83. The Hall–Kier alpha value is -1.08. The summed E-state index contributed by atoms with van der Waals surface area (Å²) < 4.78 is 5.72. The molecule has 1 heteroatoms. The molecule has 2 unspecified atom stereocenters. The quantitative estimate of drug-likeness (QED) is 0.633. The standard InChI is InChI=1S/C14H16O/c1-15-14-8-4-6-12(10-14)13-7-3-2-5-11(13)9-14/h2-5,7-8,12H,6,9-10H2,1H3. The van der Waals surface area contributed by atoms with Gasteiger partial charge in [0.15, 0.2) is 0 Å². The molecule has 2 aliphatic rings. The Morgan fingerprint density at radius 2 is 2.20 bits per heavy atom. The highest BCUT2D eigenvalue weighted by molar-refractivity contribution is 5.38. The Morgan fingerprint density at radius 3 is 3.07 bits per heavy atom. The van der Waals surface area contributed by atoms with E-state index in [1.54, 1.807) is 0 Å². The molecule has 1 aromatic carbocycles. The van der Waals surface area contributed by atoms with Gasteiger partial charge in [0.25, 0.3) is 0 Å². The van der Waals surface area contributed by atoms with Crippen molar-refractivity contribution >= 4 is 0 Å². The molecule has 2 atom stereocenters. The van der Waals surface area contributed by atoms with Gasteiger partial charge in [0, 0.05) is 13.5 Å². The Labute approximate surface area is 90.8 Å². The fraction of sp³-hybridized carbons (Fsp3) is 0.429. The number of methoxy groups -OCH3 is 1. The molecule has 1 nitrogen and oxygen atoms in total. The Kier molecular flexibility index (Phi) is 1.96. The topological polar surface area (TPSA) is 9.23 Å². The maximum Gasteiger partial charge on any atom is 0.0904 e. The largest absolute Gasteiger partial charge is 0.374 e. The van der Waals surface area contributed by atoms with E-state index in [1.165, 1.54) is 17.5 Å². The van der Waals surface area contributed by atoms with E-state index in [2.05, 4.69) is 36.4 Å². The summed E-state index contributed by atoms with van der Waals surface area (Å²) in [5, 5.41) is 0. The molecule has 0 amide bonds. The minimum absolute atomic E-state index is 0.0166. The van der Waals surface area contributed by atoms with E-state index in [0.717, 1.165) is 12.8 Å². The molecule has 3 rings (SSSR count). The van der Waals surface area contributed by atoms with Crippen LogP contribution in [0.3, 0.4) is 0 Å². The van der Waals surface area contributed by atoms with Gasteiger partial charge >= 0.3 is 0 Å². The highest BCUT2D eigenvalue weighted by atomic mass is 16.5. The average Bonchev–Trinajstić information content (AvgIpc) is 2.29. The molecule has 78 valence electrons. The Balaban J connectivity index is 2.10. The van der Waals surface area contributed by atoms with Crippen LogP contribution in [0.4, 0.5) is 0 Å². The second-order valence-electron chi connectivity index (χ2n) is 4.68. The van der Waals surface area contributed by atoms with Crippen LogP contribution in [0.25, 0.3) is 0 Å². The maximum atomic E-state index is 5.72. The van der Waals surface area contributed by atoms with Gasteiger partial charge < -0.3 is 4.74 Å². The molecule has 0 aliphatic heterocycles. The number of hydrogen-bond donors (Lipinski definition) is 0. The fourth-order valence-corrected chi connectivity index (χ4v) is 3.02. The number of ether oxygens (including phenoxy) is 1. The molecule has 15 heavy (non-hydrogen) atoms. The number of hydrogen-bond acceptors (Lipinski definition) is 1. The van der Waals surface area contributed by atoms with E-state index >= 15 is 0 Å². The van der Waals surface area contributed by atoms with Crippen molar-refractivity contribution in [2.45, 2.75) is 30.8 Å². The van der Waals surface area contributed by atoms with Crippen LogP contribution in [-0.2, 0) is 11.2 Å². The van der Waals surface area contributed by atoms with Gasteiger partial charge in [0.1, 0.15) is 0 Å². The lowest BCUT2D eigenvalue weighted by Crippen LogP contribution is -2.39. The number of fused-ring (bicyclic) bond motifs is 4. The predicted molar refractivity (Wildman–Crippen MR) is 61.0 cm³/mol. The van der Waals surface area contributed by atoms with Gasteiger partial charge in [-0.25, -0.2) is 0 Å². The minimum atomic E-state index is -0.0166. The van der Waals surface area contributed by atoms with E-state index in [1.807, 2.05) is 7.11 Å². The van der Waals surface area contributed by atoms with E-state index in [9.17, 15) is 0 Å². The van der Waals surface area contributed by atoms with E-state index in [-0.39, 0.29) is 5.60 Å². The van der Waals surface area contributed by atoms with Crippen molar-refractivity contribution in [1.82, 2.24) is 0 Å². The average molecular weight is 200 g/mol. The summed E-state index contributed by atoms with van der Waals surface area (Å²) in [6, 6.07) is 8.80. The van der Waals surface area contributed by atoms with Crippen LogP contribution in [0, 0.1) is 0 Å². The van der Waals surface area contributed by atoms with Gasteiger partial charge in [-0.05, 0) is 29.9 Å². The zero-order valence-corrected chi connectivity index (χ0v) is 9.07. The Morgan fingerprint density at radius 1 is 1.33 bits per heavy atom. The normalized spacial score (nSPS) is 32.5. The van der Waals surface area contributed by atoms with E-state index in [4.69, 9.17) is 4.74 Å². The summed E-state index contributed by atoms with van der Waals surface area (Å²) in [4.78, 5) is 0. The molecule has 0 aromatic heterocycles. The number of rotatable bonds is 1. The lowest BCUT2D eigenvalue weighted by atomic mass is 9.70. The van der Waals surface area contributed by atoms with Gasteiger partial charge in [-0.2, -0.15) is 0 Å². The first kappa shape index (κ1) is 9.17. The van der Waals surface area contributed by atoms with Gasteiger partial charge in [-0.3, -0.25) is 0 Å². The molecule has 0 N–H and O–H groups in total. The number of allylic oxidation sites excluding steroid dienone is 1. The first-order valence-corrected chi connectivity index (χ1v) is 5.64. The smallest absolute Gasteiger partial charge is 0.0904 e. The third-order valence-electron chi connectivity index (χ3n) is 3.83. The van der Waals surface area contributed by atoms with Gasteiger partial charge in [0.05, 0.1) is 5.60 Å². The first-order valence-electron chi connectivity index (χ1n) is 5.64. The van der Waals surface area contributed by atoms with E-state index in [0.29, 0.717) is 5.92 Å². The summed E-state index contributed by atoms with van der Waals surface area (Å²) in [5.41, 5.74) is 2.99. The van der Waals surface area contributed by atoms with Crippen LogP contribution in [0.1, 0.15) is 29.9 Å². The highest BCUT2D eigenvalue weighted by Gasteiger charge is 2.38. The first-order chi connectivity index (χ1) is 7.33. The van der Waals surface area contributed by atoms with Gasteiger partial charge in [-0.15, -0.1) is 0 Å². The Bertz CT molecular complexity index is 408. The molecule has 0 spiro atoms. The van der Waals surface area contributed by atoms with Gasteiger partial charge in [-0.1, -0.05) is 36.4 Å². The second-order valence-corrected chi connectivity index (χ2v) is 4.68. The van der Waals surface area contributed by atoms with Crippen molar-refractivity contribution in [1.29, 1.82) is 0 Å². The van der Waals surface area contributed by atoms with E-state index < -0.39 is 0 Å². The molecule has 0 saturated heterocycles. The summed E-state index contributed by atoms with van der Waals surface area (Å²) in [6.45, 7) is 0. The zero-order chi connectivity index (χ0) is 10.3. The van der Waals surface area contributed by atoms with Gasteiger partial charge in [0.2, 0.25) is 0 Å². The third-order valence-corrected chi connectivity index (χ3v) is 3.83. The fourth-order valence-electron chi connectivity index (χ4n) is 3.02. The molecule has 0 heterocycles. The van der Waals surface area contributed by atoms with Crippen LogP contribution in [0.15, 0.2) is 36.4 Å². The zero-order valence-electron chi connectivity index (χ0n) is 9.07. The maximum absolute atomic E-state index is 5.72. The van der Waals surface area contributed by atoms with Crippen molar-refractivity contribution in [2.75, 3.05) is 7.11 Å². The second kappa shape index (κ2) is 3.21. The lowest BCUT2D eigenvalue weighted by molar-refractivity contribution is 0.00920. The van der Waals surface area contributed by atoms with Crippen LogP contribution in [0.2, 0.25) is 0 Å². The molecule has 1 aromatic rings. The highest BCUT2D eigenvalue weighted by Crippen LogP contribution is 2.44. The van der Waals surface area contributed by atoms with Crippen molar-refractivity contribution in [3.8, 4) is 0 Å². The SMILES string of the molecule is COC12C=CCC(C1)c1ccccc1C2. The number of benzene rings is 1. The van der Waals surface area contributed by atoms with Crippen LogP contribution >= 0.6 is 0 Å². The van der Waals surface area contributed by atoms with Crippen LogP contribution < -0.4 is 0 Å². The third kappa shape index (κ3) is 1.34. The van der Waals surface area contributed by atoms with Crippen molar-refractivity contribution in [2.24, 2.45) is 0 Å². The molecule has 0 saturated carbocycles. The van der Waals surface area contributed by atoms with Crippen molar-refractivity contribution in [3.05, 3.63) is 47.5 Å².